The summed E-state index contributed by atoms with van der Waals surface area (Å²) < 4.78 is 2.26. The smallest absolute Gasteiger partial charge is 0.253 e. The molecule has 0 aliphatic carbocycles. The maximum atomic E-state index is 12.5. The molecule has 1 fully saturated rings. The monoisotopic (exact) mass is 401 g/mol. The van der Waals surface area contributed by atoms with Crippen LogP contribution in [-0.2, 0) is 0 Å². The molecule has 1 aliphatic heterocycles. The molecule has 122 valence electrons. The van der Waals surface area contributed by atoms with E-state index in [9.17, 15) is 4.79 Å². The van der Waals surface area contributed by atoms with Gasteiger partial charge in [0.25, 0.3) is 5.91 Å². The van der Waals surface area contributed by atoms with Crippen LogP contribution in [0.3, 0.4) is 0 Å². The number of hydrogen-bond acceptors (Lipinski definition) is 4. The molecule has 4 nitrogen and oxygen atoms in total. The van der Waals surface area contributed by atoms with E-state index in [4.69, 9.17) is 4.98 Å². The number of aromatic nitrogens is 1. The minimum absolute atomic E-state index is 0.114. The standard InChI is InChI=1S/C18H16BrN3OS/c19-14-6-7-15-16(12-14)24-18(20-15)22-10-8-21(9-11-22)17(23)13-4-2-1-3-5-13/h1-7,12H,8-11H2. The van der Waals surface area contributed by atoms with Crippen molar-refractivity contribution in [2.75, 3.05) is 31.1 Å². The van der Waals surface area contributed by atoms with Crippen molar-refractivity contribution in [2.24, 2.45) is 0 Å². The molecular weight excluding hydrogens is 386 g/mol. The van der Waals surface area contributed by atoms with Crippen molar-refractivity contribution in [3.8, 4) is 0 Å². The Balaban J connectivity index is 1.46. The Morgan fingerprint density at radius 2 is 1.79 bits per heavy atom. The van der Waals surface area contributed by atoms with Gasteiger partial charge in [-0.3, -0.25) is 4.79 Å². The Morgan fingerprint density at radius 1 is 1.04 bits per heavy atom. The summed E-state index contributed by atoms with van der Waals surface area (Å²) in [5.74, 6) is 0.114. The third-order valence-electron chi connectivity index (χ3n) is 4.20. The number of amides is 1. The first-order valence-electron chi connectivity index (χ1n) is 7.86. The highest BCUT2D eigenvalue weighted by molar-refractivity contribution is 9.10. The van der Waals surface area contributed by atoms with Gasteiger partial charge in [-0.25, -0.2) is 4.98 Å². The average Bonchev–Trinajstić information content (AvgIpc) is 3.05. The quantitative estimate of drug-likeness (QED) is 0.650. The SMILES string of the molecule is O=C(c1ccccc1)N1CCN(c2nc3ccc(Br)cc3s2)CC1. The van der Waals surface area contributed by atoms with Crippen LogP contribution < -0.4 is 4.90 Å². The Kier molecular flexibility index (Phi) is 4.24. The summed E-state index contributed by atoms with van der Waals surface area (Å²) in [4.78, 5) is 21.4. The molecule has 24 heavy (non-hydrogen) atoms. The summed E-state index contributed by atoms with van der Waals surface area (Å²) in [7, 11) is 0. The summed E-state index contributed by atoms with van der Waals surface area (Å²) >= 11 is 5.21. The Labute approximate surface area is 152 Å². The lowest BCUT2D eigenvalue weighted by atomic mass is 10.2. The zero-order valence-corrected chi connectivity index (χ0v) is 15.4. The van der Waals surface area contributed by atoms with Crippen molar-refractivity contribution in [3.05, 3.63) is 58.6 Å². The molecule has 1 saturated heterocycles. The van der Waals surface area contributed by atoms with Gasteiger partial charge in [0.05, 0.1) is 10.2 Å². The van der Waals surface area contributed by atoms with Crippen molar-refractivity contribution in [1.29, 1.82) is 0 Å². The van der Waals surface area contributed by atoms with E-state index in [-0.39, 0.29) is 5.91 Å². The number of hydrogen-bond donors (Lipinski definition) is 0. The van der Waals surface area contributed by atoms with E-state index >= 15 is 0 Å². The summed E-state index contributed by atoms with van der Waals surface area (Å²) in [6.07, 6.45) is 0. The van der Waals surface area contributed by atoms with Crippen LogP contribution in [0.1, 0.15) is 10.4 Å². The van der Waals surface area contributed by atoms with Gasteiger partial charge in [-0.05, 0) is 30.3 Å². The van der Waals surface area contributed by atoms with Gasteiger partial charge in [0, 0.05) is 36.2 Å². The van der Waals surface area contributed by atoms with Crippen LogP contribution in [0.15, 0.2) is 53.0 Å². The van der Waals surface area contributed by atoms with Gasteiger partial charge >= 0.3 is 0 Å². The van der Waals surface area contributed by atoms with Crippen LogP contribution >= 0.6 is 27.3 Å². The van der Waals surface area contributed by atoms with Gasteiger partial charge in [-0.15, -0.1) is 0 Å². The molecule has 0 atom stereocenters. The van der Waals surface area contributed by atoms with Crippen molar-refractivity contribution in [2.45, 2.75) is 0 Å². The molecule has 0 spiro atoms. The third kappa shape index (κ3) is 3.03. The molecule has 0 unspecified atom stereocenters. The minimum atomic E-state index is 0.114. The molecule has 0 radical (unpaired) electrons. The lowest BCUT2D eigenvalue weighted by Crippen LogP contribution is -2.48. The summed E-state index contributed by atoms with van der Waals surface area (Å²) in [6, 6.07) is 15.6. The second-order valence-corrected chi connectivity index (χ2v) is 7.68. The van der Waals surface area contributed by atoms with Crippen LogP contribution in [0.5, 0.6) is 0 Å². The number of carbonyl (C=O) groups excluding carboxylic acids is 1. The highest BCUT2D eigenvalue weighted by Crippen LogP contribution is 2.31. The number of piperazine rings is 1. The summed E-state index contributed by atoms with van der Waals surface area (Å²) in [6.45, 7) is 3.10. The normalized spacial score (nSPS) is 15.0. The van der Waals surface area contributed by atoms with Gasteiger partial charge in [0.15, 0.2) is 5.13 Å². The van der Waals surface area contributed by atoms with E-state index in [2.05, 4.69) is 26.9 Å². The van der Waals surface area contributed by atoms with Gasteiger partial charge in [-0.1, -0.05) is 45.5 Å². The van der Waals surface area contributed by atoms with E-state index in [1.807, 2.05) is 47.4 Å². The lowest BCUT2D eigenvalue weighted by molar-refractivity contribution is 0.0747. The number of anilines is 1. The van der Waals surface area contributed by atoms with E-state index < -0.39 is 0 Å². The highest BCUT2D eigenvalue weighted by atomic mass is 79.9. The molecule has 3 aromatic rings. The van der Waals surface area contributed by atoms with E-state index in [0.29, 0.717) is 0 Å². The van der Waals surface area contributed by atoms with Crippen LogP contribution in [-0.4, -0.2) is 42.0 Å². The van der Waals surface area contributed by atoms with Gasteiger partial charge in [0.2, 0.25) is 0 Å². The van der Waals surface area contributed by atoms with Crippen LogP contribution in [0.25, 0.3) is 10.2 Å². The van der Waals surface area contributed by atoms with E-state index in [1.54, 1.807) is 11.3 Å². The van der Waals surface area contributed by atoms with Crippen molar-refractivity contribution in [1.82, 2.24) is 9.88 Å². The topological polar surface area (TPSA) is 36.4 Å². The van der Waals surface area contributed by atoms with Crippen molar-refractivity contribution >= 4 is 48.5 Å². The minimum Gasteiger partial charge on any atom is -0.345 e. The molecule has 2 heterocycles. The Bertz CT molecular complexity index is 872. The molecular formula is C18H16BrN3OS. The molecule has 2 aromatic carbocycles. The number of halogens is 1. The molecule has 1 aliphatic rings. The van der Waals surface area contributed by atoms with Gasteiger partial charge in [0.1, 0.15) is 0 Å². The summed E-state index contributed by atoms with van der Waals surface area (Å²) in [5, 5.41) is 1.04. The highest BCUT2D eigenvalue weighted by Gasteiger charge is 2.23. The fourth-order valence-corrected chi connectivity index (χ4v) is 4.45. The fraction of sp³-hybridized carbons (Fsp3) is 0.222. The second-order valence-electron chi connectivity index (χ2n) is 5.75. The maximum absolute atomic E-state index is 12.5. The predicted molar refractivity (Wildman–Crippen MR) is 102 cm³/mol. The van der Waals surface area contributed by atoms with Crippen molar-refractivity contribution in [3.63, 3.8) is 0 Å². The van der Waals surface area contributed by atoms with Crippen LogP contribution in [0.2, 0.25) is 0 Å². The summed E-state index contributed by atoms with van der Waals surface area (Å²) in [5.41, 5.74) is 1.79. The van der Waals surface area contributed by atoms with Gasteiger partial charge in [-0.2, -0.15) is 0 Å². The number of nitrogens with zero attached hydrogens (tertiary/aromatic N) is 3. The number of benzene rings is 2. The average molecular weight is 402 g/mol. The van der Waals surface area contributed by atoms with E-state index in [0.717, 1.165) is 46.9 Å². The molecule has 0 bridgehead atoms. The number of rotatable bonds is 2. The Morgan fingerprint density at radius 3 is 2.54 bits per heavy atom. The number of fused-ring (bicyclic) bond motifs is 1. The largest absolute Gasteiger partial charge is 0.345 e. The first kappa shape index (κ1) is 15.6. The third-order valence-corrected chi connectivity index (χ3v) is 5.77. The number of carbonyl (C=O) groups is 1. The first-order chi connectivity index (χ1) is 11.7. The molecule has 0 N–H and O–H groups in total. The molecule has 0 saturated carbocycles. The molecule has 1 amide bonds. The molecule has 4 rings (SSSR count). The van der Waals surface area contributed by atoms with Crippen LogP contribution in [0.4, 0.5) is 5.13 Å². The lowest BCUT2D eigenvalue weighted by Gasteiger charge is -2.34. The fourth-order valence-electron chi connectivity index (χ4n) is 2.89. The predicted octanol–water partition coefficient (Wildman–Crippen LogP) is 4.02. The van der Waals surface area contributed by atoms with Crippen molar-refractivity contribution < 1.29 is 4.79 Å². The molecule has 1 aromatic heterocycles. The number of thiazole rings is 1. The second kappa shape index (κ2) is 6.53. The maximum Gasteiger partial charge on any atom is 0.253 e. The van der Waals surface area contributed by atoms with Crippen LogP contribution in [0, 0.1) is 0 Å². The van der Waals surface area contributed by atoms with E-state index in [1.165, 1.54) is 4.70 Å². The van der Waals surface area contributed by atoms with Gasteiger partial charge < -0.3 is 9.80 Å². The Hall–Kier alpha value is -1.92. The zero-order valence-electron chi connectivity index (χ0n) is 13.0. The molecule has 6 heteroatoms. The first-order valence-corrected chi connectivity index (χ1v) is 9.47. The zero-order chi connectivity index (χ0) is 16.5.